The van der Waals surface area contributed by atoms with Gasteiger partial charge in [0, 0.05) is 19.6 Å². The molecule has 0 radical (unpaired) electrons. The van der Waals surface area contributed by atoms with Crippen LogP contribution in [-0.2, 0) is 10.2 Å². The molecule has 0 unspecified atom stereocenters. The van der Waals surface area contributed by atoms with Crippen LogP contribution in [0.25, 0.3) is 0 Å². The standard InChI is InChI=1S/C11H24N2O3S/c1-3-13(4-2)17(15,16)12-9-10-5-7-11(14)8-6-10/h10-12,14H,3-9H2,1-2H3. The zero-order chi connectivity index (χ0) is 12.9. The molecule has 0 aliphatic heterocycles. The molecule has 2 N–H and O–H groups in total. The molecule has 1 saturated carbocycles. The van der Waals surface area contributed by atoms with Crippen LogP contribution in [0.1, 0.15) is 39.5 Å². The van der Waals surface area contributed by atoms with Crippen molar-refractivity contribution >= 4 is 10.2 Å². The number of aliphatic hydroxyl groups is 1. The van der Waals surface area contributed by atoms with Crippen LogP contribution in [0.4, 0.5) is 0 Å². The number of aliphatic hydroxyl groups excluding tert-OH is 1. The van der Waals surface area contributed by atoms with Crippen LogP contribution in [0, 0.1) is 5.92 Å². The third-order valence-electron chi connectivity index (χ3n) is 3.42. The Bertz CT molecular complexity index is 307. The van der Waals surface area contributed by atoms with Gasteiger partial charge in [-0.3, -0.25) is 0 Å². The van der Waals surface area contributed by atoms with Crippen molar-refractivity contribution < 1.29 is 13.5 Å². The molecule has 0 aromatic heterocycles. The Morgan fingerprint density at radius 3 is 2.18 bits per heavy atom. The third kappa shape index (κ3) is 4.54. The fourth-order valence-corrected chi connectivity index (χ4v) is 3.54. The molecule has 1 aliphatic rings. The highest BCUT2D eigenvalue weighted by molar-refractivity contribution is 7.87. The third-order valence-corrected chi connectivity index (χ3v) is 5.14. The van der Waals surface area contributed by atoms with E-state index in [-0.39, 0.29) is 6.10 Å². The molecule has 1 rings (SSSR count). The van der Waals surface area contributed by atoms with Crippen molar-refractivity contribution in [3.05, 3.63) is 0 Å². The summed E-state index contributed by atoms with van der Waals surface area (Å²) in [5, 5.41) is 9.37. The Kier molecular flexibility index (Phi) is 5.85. The number of nitrogens with one attached hydrogen (secondary N) is 1. The highest BCUT2D eigenvalue weighted by Gasteiger charge is 2.23. The molecule has 17 heavy (non-hydrogen) atoms. The quantitative estimate of drug-likeness (QED) is 0.742. The molecule has 0 bridgehead atoms. The summed E-state index contributed by atoms with van der Waals surface area (Å²) in [4.78, 5) is 0. The van der Waals surface area contributed by atoms with E-state index >= 15 is 0 Å². The predicted octanol–water partition coefficient (Wildman–Crippen LogP) is 0.714. The van der Waals surface area contributed by atoms with Crippen LogP contribution < -0.4 is 4.72 Å². The van der Waals surface area contributed by atoms with Crippen molar-refractivity contribution in [2.75, 3.05) is 19.6 Å². The highest BCUT2D eigenvalue weighted by atomic mass is 32.2. The van der Waals surface area contributed by atoms with Crippen LogP contribution in [0.2, 0.25) is 0 Å². The van der Waals surface area contributed by atoms with Gasteiger partial charge in [-0.15, -0.1) is 0 Å². The second kappa shape index (κ2) is 6.68. The van der Waals surface area contributed by atoms with E-state index < -0.39 is 10.2 Å². The normalized spacial score (nSPS) is 26.4. The van der Waals surface area contributed by atoms with Crippen molar-refractivity contribution in [3.8, 4) is 0 Å². The van der Waals surface area contributed by atoms with Gasteiger partial charge in [-0.1, -0.05) is 13.8 Å². The van der Waals surface area contributed by atoms with Crippen LogP contribution in [0.5, 0.6) is 0 Å². The average Bonchev–Trinajstić information content (AvgIpc) is 2.29. The van der Waals surface area contributed by atoms with E-state index in [1.807, 2.05) is 13.8 Å². The summed E-state index contributed by atoms with van der Waals surface area (Å²) >= 11 is 0. The van der Waals surface area contributed by atoms with Gasteiger partial charge < -0.3 is 5.11 Å². The molecule has 102 valence electrons. The van der Waals surface area contributed by atoms with E-state index in [0.29, 0.717) is 25.6 Å². The van der Waals surface area contributed by atoms with Crippen molar-refractivity contribution in [2.24, 2.45) is 5.92 Å². The zero-order valence-corrected chi connectivity index (χ0v) is 11.5. The average molecular weight is 264 g/mol. The van der Waals surface area contributed by atoms with E-state index in [4.69, 9.17) is 0 Å². The minimum atomic E-state index is -3.31. The van der Waals surface area contributed by atoms with Gasteiger partial charge in [0.2, 0.25) is 0 Å². The Morgan fingerprint density at radius 1 is 1.18 bits per heavy atom. The smallest absolute Gasteiger partial charge is 0.279 e. The second-order valence-corrected chi connectivity index (χ2v) is 6.37. The lowest BCUT2D eigenvalue weighted by Crippen LogP contribution is -2.42. The zero-order valence-electron chi connectivity index (χ0n) is 10.7. The van der Waals surface area contributed by atoms with Gasteiger partial charge in [0.05, 0.1) is 6.10 Å². The summed E-state index contributed by atoms with van der Waals surface area (Å²) in [7, 11) is -3.31. The summed E-state index contributed by atoms with van der Waals surface area (Å²) in [6, 6.07) is 0. The lowest BCUT2D eigenvalue weighted by atomic mass is 9.88. The van der Waals surface area contributed by atoms with Gasteiger partial charge in [0.15, 0.2) is 0 Å². The Balaban J connectivity index is 2.39. The number of rotatable bonds is 6. The Hall–Kier alpha value is -0.170. The topological polar surface area (TPSA) is 69.6 Å². The molecule has 0 aromatic rings. The molecular weight excluding hydrogens is 240 g/mol. The molecule has 1 aliphatic carbocycles. The molecule has 0 aromatic carbocycles. The van der Waals surface area contributed by atoms with Crippen molar-refractivity contribution in [1.82, 2.24) is 9.03 Å². The van der Waals surface area contributed by atoms with Gasteiger partial charge >= 0.3 is 0 Å². The second-order valence-electron chi connectivity index (χ2n) is 4.61. The highest BCUT2D eigenvalue weighted by Crippen LogP contribution is 2.23. The first-order valence-electron chi connectivity index (χ1n) is 6.42. The maximum atomic E-state index is 11.9. The molecule has 0 heterocycles. The molecule has 1 fully saturated rings. The predicted molar refractivity (Wildman–Crippen MR) is 67.8 cm³/mol. The maximum absolute atomic E-state index is 11.9. The Labute approximate surface area is 104 Å². The van der Waals surface area contributed by atoms with E-state index in [2.05, 4.69) is 4.72 Å². The van der Waals surface area contributed by atoms with Crippen LogP contribution >= 0.6 is 0 Å². The summed E-state index contributed by atoms with van der Waals surface area (Å²) in [5.74, 6) is 0.365. The van der Waals surface area contributed by atoms with E-state index in [1.54, 1.807) is 0 Å². The molecule has 0 atom stereocenters. The van der Waals surface area contributed by atoms with Gasteiger partial charge in [0.25, 0.3) is 10.2 Å². The number of hydrogen-bond donors (Lipinski definition) is 2. The minimum Gasteiger partial charge on any atom is -0.393 e. The monoisotopic (exact) mass is 264 g/mol. The van der Waals surface area contributed by atoms with Gasteiger partial charge in [0.1, 0.15) is 0 Å². The maximum Gasteiger partial charge on any atom is 0.279 e. The molecule has 6 heteroatoms. The van der Waals surface area contributed by atoms with Crippen molar-refractivity contribution in [2.45, 2.75) is 45.6 Å². The number of nitrogens with zero attached hydrogens (tertiary/aromatic N) is 1. The molecule has 0 saturated heterocycles. The molecule has 5 nitrogen and oxygen atoms in total. The minimum absolute atomic E-state index is 0.189. The molecule has 0 amide bonds. The van der Waals surface area contributed by atoms with Crippen LogP contribution in [-0.4, -0.2) is 43.6 Å². The number of hydrogen-bond acceptors (Lipinski definition) is 3. The first-order valence-corrected chi connectivity index (χ1v) is 7.86. The summed E-state index contributed by atoms with van der Waals surface area (Å²) in [6.07, 6.45) is 3.20. The Morgan fingerprint density at radius 2 is 1.71 bits per heavy atom. The van der Waals surface area contributed by atoms with Crippen LogP contribution in [0.15, 0.2) is 0 Å². The summed E-state index contributed by atoms with van der Waals surface area (Å²) in [6.45, 7) is 5.15. The van der Waals surface area contributed by atoms with Gasteiger partial charge in [-0.05, 0) is 31.6 Å². The fraction of sp³-hybridized carbons (Fsp3) is 1.00. The first kappa shape index (κ1) is 14.9. The van der Waals surface area contributed by atoms with E-state index in [1.165, 1.54) is 4.31 Å². The lowest BCUT2D eigenvalue weighted by molar-refractivity contribution is 0.109. The molecule has 0 spiro atoms. The largest absolute Gasteiger partial charge is 0.393 e. The van der Waals surface area contributed by atoms with Crippen LogP contribution in [0.3, 0.4) is 0 Å². The van der Waals surface area contributed by atoms with Crippen molar-refractivity contribution in [3.63, 3.8) is 0 Å². The fourth-order valence-electron chi connectivity index (χ4n) is 2.23. The van der Waals surface area contributed by atoms with E-state index in [9.17, 15) is 13.5 Å². The summed E-state index contributed by atoms with van der Waals surface area (Å²) in [5.41, 5.74) is 0. The first-order chi connectivity index (χ1) is 7.99. The lowest BCUT2D eigenvalue weighted by Gasteiger charge is -2.26. The SMILES string of the molecule is CCN(CC)S(=O)(=O)NCC1CCC(O)CC1. The van der Waals surface area contributed by atoms with E-state index in [0.717, 1.165) is 25.7 Å². The van der Waals surface area contributed by atoms with Crippen molar-refractivity contribution in [1.29, 1.82) is 0 Å². The molecular formula is C11H24N2O3S. The van der Waals surface area contributed by atoms with Gasteiger partial charge in [-0.2, -0.15) is 12.7 Å². The summed E-state index contributed by atoms with van der Waals surface area (Å²) < 4.78 is 27.8. The van der Waals surface area contributed by atoms with Gasteiger partial charge in [-0.25, -0.2) is 4.72 Å².